The summed E-state index contributed by atoms with van der Waals surface area (Å²) in [5, 5.41) is 0.836. The molecule has 2 aliphatic rings. The van der Waals surface area contributed by atoms with Crippen LogP contribution in [0.25, 0.3) is 0 Å². The van der Waals surface area contributed by atoms with E-state index in [1.807, 2.05) is 6.07 Å². The first-order valence-corrected chi connectivity index (χ1v) is 5.78. The third kappa shape index (κ3) is 1.44. The standard InChI is InChI=1S/C12H14ClN2/c1-8-2-4-11-7-9-6-10(13)3-5-12(9)14-15(8)11/h3,5-6,11,14H,2,4,7H2,1H3/q+1. The van der Waals surface area contributed by atoms with Crippen LogP contribution in [0, 0.1) is 0 Å². The zero-order valence-electron chi connectivity index (χ0n) is 8.76. The van der Waals surface area contributed by atoms with Crippen LogP contribution in [0.3, 0.4) is 0 Å². The second-order valence-electron chi connectivity index (χ2n) is 4.42. The van der Waals surface area contributed by atoms with Gasteiger partial charge >= 0.3 is 0 Å². The van der Waals surface area contributed by atoms with E-state index in [1.54, 1.807) is 0 Å². The summed E-state index contributed by atoms with van der Waals surface area (Å²) in [6, 6.07) is 6.71. The lowest BCUT2D eigenvalue weighted by atomic mass is 10.0. The Labute approximate surface area is 94.5 Å². The molecule has 1 N–H and O–H groups in total. The van der Waals surface area contributed by atoms with Gasteiger partial charge in [-0.2, -0.15) is 5.43 Å². The summed E-state index contributed by atoms with van der Waals surface area (Å²) in [6.07, 6.45) is 3.57. The number of hydrogen-bond acceptors (Lipinski definition) is 1. The van der Waals surface area contributed by atoms with Crippen molar-refractivity contribution in [1.82, 2.24) is 0 Å². The van der Waals surface area contributed by atoms with Gasteiger partial charge in [0.25, 0.3) is 0 Å². The molecule has 0 saturated heterocycles. The van der Waals surface area contributed by atoms with Crippen molar-refractivity contribution >= 4 is 23.0 Å². The highest BCUT2D eigenvalue weighted by atomic mass is 35.5. The average Bonchev–Trinajstić information content (AvgIpc) is 2.57. The molecule has 1 aromatic carbocycles. The Morgan fingerprint density at radius 3 is 3.20 bits per heavy atom. The number of nitrogens with one attached hydrogen (secondary N) is 1. The summed E-state index contributed by atoms with van der Waals surface area (Å²) < 4.78 is 2.32. The Morgan fingerprint density at radius 1 is 1.47 bits per heavy atom. The van der Waals surface area contributed by atoms with E-state index in [9.17, 15) is 0 Å². The van der Waals surface area contributed by atoms with Crippen LogP contribution in [-0.4, -0.2) is 16.4 Å². The van der Waals surface area contributed by atoms with E-state index in [4.69, 9.17) is 11.6 Å². The molecule has 3 heteroatoms. The van der Waals surface area contributed by atoms with Gasteiger partial charge in [-0.05, 0) is 23.8 Å². The van der Waals surface area contributed by atoms with Gasteiger partial charge in [-0.3, -0.25) is 0 Å². The summed E-state index contributed by atoms with van der Waals surface area (Å²) in [6.45, 7) is 2.20. The third-order valence-corrected chi connectivity index (χ3v) is 3.61. The van der Waals surface area contributed by atoms with Crippen LogP contribution in [0.1, 0.15) is 25.3 Å². The van der Waals surface area contributed by atoms with Crippen LogP contribution >= 0.6 is 11.6 Å². The molecule has 2 nitrogen and oxygen atoms in total. The number of hydrogen-bond donors (Lipinski definition) is 1. The van der Waals surface area contributed by atoms with E-state index in [1.165, 1.54) is 29.8 Å². The van der Waals surface area contributed by atoms with Gasteiger partial charge in [-0.25, -0.2) is 0 Å². The normalized spacial score (nSPS) is 23.5. The first-order chi connectivity index (χ1) is 7.24. The van der Waals surface area contributed by atoms with E-state index in [2.05, 4.69) is 29.2 Å². The quantitative estimate of drug-likeness (QED) is 0.666. The van der Waals surface area contributed by atoms with Crippen molar-refractivity contribution < 1.29 is 4.68 Å². The Bertz CT molecular complexity index is 451. The van der Waals surface area contributed by atoms with Gasteiger partial charge in [0.15, 0.2) is 11.8 Å². The van der Waals surface area contributed by atoms with Gasteiger partial charge < -0.3 is 0 Å². The van der Waals surface area contributed by atoms with E-state index in [0.717, 1.165) is 11.4 Å². The van der Waals surface area contributed by atoms with Crippen LogP contribution in [0.15, 0.2) is 18.2 Å². The Morgan fingerprint density at radius 2 is 2.33 bits per heavy atom. The molecule has 78 valence electrons. The van der Waals surface area contributed by atoms with Crippen LogP contribution < -0.4 is 5.43 Å². The second kappa shape index (κ2) is 3.24. The van der Waals surface area contributed by atoms with Crippen molar-refractivity contribution in [1.29, 1.82) is 0 Å². The minimum absolute atomic E-state index is 0.621. The van der Waals surface area contributed by atoms with Crippen molar-refractivity contribution in [3.05, 3.63) is 28.8 Å². The molecule has 15 heavy (non-hydrogen) atoms. The zero-order valence-corrected chi connectivity index (χ0v) is 9.51. The first-order valence-electron chi connectivity index (χ1n) is 5.41. The van der Waals surface area contributed by atoms with Gasteiger partial charge in [0.2, 0.25) is 0 Å². The van der Waals surface area contributed by atoms with Crippen molar-refractivity contribution in [2.75, 3.05) is 5.43 Å². The van der Waals surface area contributed by atoms with Crippen LogP contribution in [0.4, 0.5) is 5.69 Å². The molecule has 1 unspecified atom stereocenters. The number of hydrazone groups is 1. The highest BCUT2D eigenvalue weighted by Gasteiger charge is 2.35. The summed E-state index contributed by atoms with van der Waals surface area (Å²) in [4.78, 5) is 0. The lowest BCUT2D eigenvalue weighted by Crippen LogP contribution is -2.35. The fourth-order valence-corrected chi connectivity index (χ4v) is 2.74. The minimum atomic E-state index is 0.621. The maximum atomic E-state index is 6.00. The third-order valence-electron chi connectivity index (χ3n) is 3.38. The fourth-order valence-electron chi connectivity index (χ4n) is 2.54. The van der Waals surface area contributed by atoms with Crippen LogP contribution in [0.5, 0.6) is 0 Å². The summed E-state index contributed by atoms with van der Waals surface area (Å²) in [5.74, 6) is 0. The van der Waals surface area contributed by atoms with Gasteiger partial charge in [0.1, 0.15) is 0 Å². The predicted molar refractivity (Wildman–Crippen MR) is 62.7 cm³/mol. The fraction of sp³-hybridized carbons (Fsp3) is 0.417. The molecule has 0 amide bonds. The van der Waals surface area contributed by atoms with E-state index >= 15 is 0 Å². The Hall–Kier alpha value is -1.02. The molecule has 0 aliphatic carbocycles. The minimum Gasteiger partial charge on any atom is -0.166 e. The van der Waals surface area contributed by atoms with Crippen molar-refractivity contribution in [2.45, 2.75) is 32.2 Å². The Kier molecular flexibility index (Phi) is 1.99. The first kappa shape index (κ1) is 9.22. The molecule has 0 aromatic heterocycles. The molecule has 1 aromatic rings. The largest absolute Gasteiger partial charge is 0.186 e. The molecule has 0 radical (unpaired) electrons. The smallest absolute Gasteiger partial charge is 0.166 e. The summed E-state index contributed by atoms with van der Waals surface area (Å²) in [5.41, 5.74) is 7.47. The highest BCUT2D eigenvalue weighted by molar-refractivity contribution is 6.30. The monoisotopic (exact) mass is 221 g/mol. The Balaban J connectivity index is 2.05. The SMILES string of the molecule is CC1=[N+]2Nc3ccc(Cl)cc3CC2CC1. The summed E-state index contributed by atoms with van der Waals surface area (Å²) in [7, 11) is 0. The highest BCUT2D eigenvalue weighted by Crippen LogP contribution is 2.30. The molecule has 0 bridgehead atoms. The number of rotatable bonds is 0. The van der Waals surface area contributed by atoms with Gasteiger partial charge in [0.05, 0.1) is 5.69 Å². The molecule has 0 spiro atoms. The van der Waals surface area contributed by atoms with Crippen molar-refractivity contribution in [3.63, 3.8) is 0 Å². The second-order valence-corrected chi connectivity index (χ2v) is 4.85. The molecule has 0 saturated carbocycles. The van der Waals surface area contributed by atoms with E-state index in [-0.39, 0.29) is 0 Å². The molecule has 3 rings (SSSR count). The number of hydrazine groups is 1. The number of halogens is 1. The molecule has 1 atom stereocenters. The molecular formula is C12H14ClN2+. The topological polar surface area (TPSA) is 15.0 Å². The van der Waals surface area contributed by atoms with Crippen molar-refractivity contribution in [3.8, 4) is 0 Å². The molecular weight excluding hydrogens is 208 g/mol. The van der Waals surface area contributed by atoms with Gasteiger partial charge in [-0.1, -0.05) is 11.6 Å². The molecule has 2 aliphatic heterocycles. The zero-order chi connectivity index (χ0) is 10.4. The number of fused-ring (bicyclic) bond motifs is 2. The van der Waals surface area contributed by atoms with E-state index in [0.29, 0.717) is 6.04 Å². The molecule has 2 heterocycles. The maximum Gasteiger partial charge on any atom is 0.186 e. The van der Waals surface area contributed by atoms with Gasteiger partial charge in [-0.15, -0.1) is 4.68 Å². The lowest BCUT2D eigenvalue weighted by molar-refractivity contribution is -0.532. The van der Waals surface area contributed by atoms with Gasteiger partial charge in [0, 0.05) is 31.2 Å². The maximum absolute atomic E-state index is 6.00. The van der Waals surface area contributed by atoms with Crippen LogP contribution in [0.2, 0.25) is 5.02 Å². The van der Waals surface area contributed by atoms with Crippen molar-refractivity contribution in [2.24, 2.45) is 0 Å². The number of nitrogens with zero attached hydrogens (tertiary/aromatic N) is 1. The van der Waals surface area contributed by atoms with Crippen LogP contribution in [-0.2, 0) is 6.42 Å². The van der Waals surface area contributed by atoms with E-state index < -0.39 is 0 Å². The number of benzene rings is 1. The predicted octanol–water partition coefficient (Wildman–Crippen LogP) is 2.86. The molecule has 0 fully saturated rings. The lowest BCUT2D eigenvalue weighted by Gasteiger charge is -2.20. The average molecular weight is 222 g/mol. The number of anilines is 1. The summed E-state index contributed by atoms with van der Waals surface area (Å²) >= 11 is 6.00.